The third-order valence-corrected chi connectivity index (χ3v) is 7.06. The molecule has 1 aromatic rings. The number of hydrogen-bond donors (Lipinski definition) is 2. The van der Waals surface area contributed by atoms with E-state index >= 15 is 0 Å². The summed E-state index contributed by atoms with van der Waals surface area (Å²) in [5.74, 6) is 2.94. The van der Waals surface area contributed by atoms with E-state index in [4.69, 9.17) is 4.74 Å². The highest BCUT2D eigenvalue weighted by Crippen LogP contribution is 2.60. The number of aromatic hydroxyl groups is 1. The molecule has 23 heavy (non-hydrogen) atoms. The standard InChI is InChI=1S/C20H28O3/c1-20-8-7-14-15(17(20)6-4-13(21)11-20)5-3-12-9-18(22)19(23-2)10-16(12)14/h9-10,13-15,17,21-22H,3-8,11H2,1-2H3/t13-,14?,15?,17?,20+/m0/s1. The third-order valence-electron chi connectivity index (χ3n) is 7.06. The van der Waals surface area contributed by atoms with Crippen LogP contribution in [0.25, 0.3) is 0 Å². The molecule has 2 saturated carbocycles. The van der Waals surface area contributed by atoms with Gasteiger partial charge < -0.3 is 14.9 Å². The number of hydrogen-bond acceptors (Lipinski definition) is 3. The molecule has 2 N–H and O–H groups in total. The van der Waals surface area contributed by atoms with Gasteiger partial charge in [-0.2, -0.15) is 0 Å². The average Bonchev–Trinajstić information content (AvgIpc) is 2.52. The number of fused-ring (bicyclic) bond motifs is 5. The number of aliphatic hydroxyl groups excluding tert-OH is 1. The van der Waals surface area contributed by atoms with Crippen LogP contribution in [0.15, 0.2) is 12.1 Å². The van der Waals surface area contributed by atoms with Crippen molar-refractivity contribution >= 4 is 0 Å². The summed E-state index contributed by atoms with van der Waals surface area (Å²) in [4.78, 5) is 0. The van der Waals surface area contributed by atoms with Crippen LogP contribution >= 0.6 is 0 Å². The Morgan fingerprint density at radius 3 is 2.78 bits per heavy atom. The van der Waals surface area contributed by atoms with Crippen LogP contribution < -0.4 is 4.74 Å². The van der Waals surface area contributed by atoms with Crippen LogP contribution in [0.4, 0.5) is 0 Å². The van der Waals surface area contributed by atoms with Crippen LogP contribution in [0.3, 0.4) is 0 Å². The number of phenols is 1. The molecule has 3 unspecified atom stereocenters. The van der Waals surface area contributed by atoms with E-state index in [9.17, 15) is 10.2 Å². The molecular weight excluding hydrogens is 288 g/mol. The first-order valence-electron chi connectivity index (χ1n) is 9.09. The number of methoxy groups -OCH3 is 1. The van der Waals surface area contributed by atoms with Crippen LogP contribution in [0.1, 0.15) is 62.5 Å². The first-order valence-corrected chi connectivity index (χ1v) is 9.09. The summed E-state index contributed by atoms with van der Waals surface area (Å²) in [6.45, 7) is 2.41. The van der Waals surface area contributed by atoms with E-state index in [2.05, 4.69) is 13.0 Å². The fourth-order valence-corrected chi connectivity index (χ4v) is 5.97. The van der Waals surface area contributed by atoms with Gasteiger partial charge in [-0.15, -0.1) is 0 Å². The first kappa shape index (κ1) is 15.3. The van der Waals surface area contributed by atoms with Crippen molar-refractivity contribution in [3.8, 4) is 11.5 Å². The lowest BCUT2D eigenvalue weighted by Crippen LogP contribution is -2.47. The highest BCUT2D eigenvalue weighted by molar-refractivity contribution is 5.49. The van der Waals surface area contributed by atoms with Crippen LogP contribution in [0.5, 0.6) is 11.5 Å². The Morgan fingerprint density at radius 2 is 2.00 bits per heavy atom. The number of rotatable bonds is 1. The van der Waals surface area contributed by atoms with Crippen molar-refractivity contribution in [2.45, 2.75) is 63.9 Å². The van der Waals surface area contributed by atoms with Crippen molar-refractivity contribution in [3.63, 3.8) is 0 Å². The fourth-order valence-electron chi connectivity index (χ4n) is 5.97. The molecule has 3 aliphatic rings. The predicted octanol–water partition coefficient (Wildman–Crippen LogP) is 4.01. The molecule has 0 bridgehead atoms. The van der Waals surface area contributed by atoms with Gasteiger partial charge in [0.25, 0.3) is 0 Å². The van der Waals surface area contributed by atoms with Crippen LogP contribution in [-0.2, 0) is 6.42 Å². The minimum absolute atomic E-state index is 0.0966. The Labute approximate surface area is 138 Å². The molecule has 5 atom stereocenters. The fraction of sp³-hybridized carbons (Fsp3) is 0.700. The summed E-state index contributed by atoms with van der Waals surface area (Å²) in [6, 6.07) is 4.00. The number of aryl methyl sites for hydroxylation is 1. The Morgan fingerprint density at radius 1 is 1.17 bits per heavy atom. The van der Waals surface area contributed by atoms with Gasteiger partial charge in [-0.3, -0.25) is 0 Å². The quantitative estimate of drug-likeness (QED) is 0.823. The third kappa shape index (κ3) is 2.36. The van der Waals surface area contributed by atoms with Crippen LogP contribution in [0, 0.1) is 17.3 Å². The molecule has 0 spiro atoms. The normalized spacial score (nSPS) is 39.1. The molecule has 4 rings (SSSR count). The van der Waals surface area contributed by atoms with Gasteiger partial charge in [0.2, 0.25) is 0 Å². The molecule has 2 fully saturated rings. The summed E-state index contributed by atoms with van der Waals surface area (Å²) >= 11 is 0. The monoisotopic (exact) mass is 316 g/mol. The molecule has 3 nitrogen and oxygen atoms in total. The lowest BCUT2D eigenvalue weighted by Gasteiger charge is -2.55. The molecule has 1 aromatic carbocycles. The van der Waals surface area contributed by atoms with E-state index in [1.54, 1.807) is 7.11 Å². The molecule has 0 aliphatic heterocycles. The first-order chi connectivity index (χ1) is 11.0. The smallest absolute Gasteiger partial charge is 0.160 e. The molecule has 3 aliphatic carbocycles. The number of aliphatic hydroxyl groups is 1. The predicted molar refractivity (Wildman–Crippen MR) is 89.9 cm³/mol. The summed E-state index contributed by atoms with van der Waals surface area (Å²) < 4.78 is 5.35. The number of benzene rings is 1. The van der Waals surface area contributed by atoms with E-state index in [-0.39, 0.29) is 11.9 Å². The Kier molecular flexibility index (Phi) is 3.60. The van der Waals surface area contributed by atoms with Crippen molar-refractivity contribution in [1.82, 2.24) is 0 Å². The molecule has 0 saturated heterocycles. The lowest BCUT2D eigenvalue weighted by atomic mass is 9.50. The Bertz CT molecular complexity index is 611. The van der Waals surface area contributed by atoms with Gasteiger partial charge in [0, 0.05) is 0 Å². The SMILES string of the molecule is COc1cc2c(cc1O)CCC1C2CC[C@]2(C)C[C@@H](O)CCC12. The average molecular weight is 316 g/mol. The molecule has 0 radical (unpaired) electrons. The summed E-state index contributed by atoms with van der Waals surface area (Å²) in [5.41, 5.74) is 3.03. The molecule has 0 heterocycles. The zero-order chi connectivity index (χ0) is 16.2. The maximum atomic E-state index is 10.1. The lowest BCUT2D eigenvalue weighted by molar-refractivity contribution is -0.0537. The van der Waals surface area contributed by atoms with Crippen molar-refractivity contribution in [2.75, 3.05) is 7.11 Å². The second-order valence-electron chi connectivity index (χ2n) is 8.27. The zero-order valence-corrected chi connectivity index (χ0v) is 14.2. The van der Waals surface area contributed by atoms with Gasteiger partial charge in [-0.05, 0) is 91.4 Å². The summed E-state index contributed by atoms with van der Waals surface area (Å²) in [6.07, 6.45) is 7.71. The van der Waals surface area contributed by atoms with E-state index in [1.165, 1.54) is 36.8 Å². The highest BCUT2D eigenvalue weighted by atomic mass is 16.5. The molecule has 0 amide bonds. The molecule has 0 aromatic heterocycles. The van der Waals surface area contributed by atoms with Crippen molar-refractivity contribution in [3.05, 3.63) is 23.3 Å². The van der Waals surface area contributed by atoms with Gasteiger partial charge in [0.15, 0.2) is 11.5 Å². The van der Waals surface area contributed by atoms with E-state index < -0.39 is 0 Å². The number of ether oxygens (including phenoxy) is 1. The van der Waals surface area contributed by atoms with Crippen molar-refractivity contribution < 1.29 is 14.9 Å². The van der Waals surface area contributed by atoms with Crippen molar-refractivity contribution in [1.29, 1.82) is 0 Å². The zero-order valence-electron chi connectivity index (χ0n) is 14.2. The highest BCUT2D eigenvalue weighted by Gasteiger charge is 2.50. The van der Waals surface area contributed by atoms with E-state index in [0.717, 1.165) is 31.1 Å². The minimum Gasteiger partial charge on any atom is -0.504 e. The van der Waals surface area contributed by atoms with Gasteiger partial charge in [0.05, 0.1) is 13.2 Å². The van der Waals surface area contributed by atoms with E-state index in [0.29, 0.717) is 17.1 Å². The summed E-state index contributed by atoms with van der Waals surface area (Å²) in [7, 11) is 1.63. The largest absolute Gasteiger partial charge is 0.504 e. The van der Waals surface area contributed by atoms with Gasteiger partial charge in [0.1, 0.15) is 0 Å². The van der Waals surface area contributed by atoms with Crippen LogP contribution in [-0.4, -0.2) is 23.4 Å². The van der Waals surface area contributed by atoms with Crippen molar-refractivity contribution in [2.24, 2.45) is 17.3 Å². The number of phenolic OH excluding ortho intramolecular Hbond substituents is 1. The van der Waals surface area contributed by atoms with Gasteiger partial charge in [-0.1, -0.05) is 6.92 Å². The second kappa shape index (κ2) is 5.41. The van der Waals surface area contributed by atoms with E-state index in [1.807, 2.05) is 6.07 Å². The topological polar surface area (TPSA) is 49.7 Å². The molecular formula is C20H28O3. The Balaban J connectivity index is 1.69. The molecule has 3 heteroatoms. The maximum absolute atomic E-state index is 10.1. The minimum atomic E-state index is -0.0966. The van der Waals surface area contributed by atoms with Gasteiger partial charge in [-0.25, -0.2) is 0 Å². The van der Waals surface area contributed by atoms with Gasteiger partial charge >= 0.3 is 0 Å². The van der Waals surface area contributed by atoms with Crippen LogP contribution in [0.2, 0.25) is 0 Å². The Hall–Kier alpha value is -1.22. The summed E-state index contributed by atoms with van der Waals surface area (Å²) in [5, 5.41) is 20.2. The maximum Gasteiger partial charge on any atom is 0.160 e. The second-order valence-corrected chi connectivity index (χ2v) is 8.27. The molecule has 126 valence electrons.